The topological polar surface area (TPSA) is 97.5 Å². The molecular weight excluding hydrogens is 507 g/mol. The summed E-state index contributed by atoms with van der Waals surface area (Å²) in [5.41, 5.74) is 6.18. The average Bonchev–Trinajstić information content (AvgIpc) is 3.15. The van der Waals surface area contributed by atoms with Crippen LogP contribution in [0.3, 0.4) is 0 Å². The maximum atomic E-state index is 13.3. The molecule has 2 aliphatic rings. The number of pyridine rings is 1. The molecule has 3 aromatic rings. The largest absolute Gasteiger partial charge is 0.476 e. The van der Waals surface area contributed by atoms with Crippen LogP contribution in [0.25, 0.3) is 11.1 Å². The summed E-state index contributed by atoms with van der Waals surface area (Å²) in [6, 6.07) is 15.5. The Hall–Kier alpha value is -3.65. The summed E-state index contributed by atoms with van der Waals surface area (Å²) in [7, 11) is 0. The summed E-state index contributed by atoms with van der Waals surface area (Å²) >= 11 is 6.41. The van der Waals surface area contributed by atoms with Crippen LogP contribution in [0, 0.1) is 5.82 Å². The third-order valence-electron chi connectivity index (χ3n) is 7.39. The number of carbonyl (C=O) groups excluding carboxylic acids is 2. The van der Waals surface area contributed by atoms with Crippen molar-refractivity contribution >= 4 is 29.2 Å². The van der Waals surface area contributed by atoms with Crippen molar-refractivity contribution in [2.45, 2.75) is 63.3 Å². The highest BCUT2D eigenvalue weighted by Crippen LogP contribution is 2.39. The van der Waals surface area contributed by atoms with Crippen LogP contribution in [-0.2, 0) is 4.79 Å². The number of primary amides is 1. The highest BCUT2D eigenvalue weighted by Gasteiger charge is 2.43. The number of benzene rings is 2. The minimum Gasteiger partial charge on any atom is -0.476 e. The first-order chi connectivity index (χ1) is 18.1. The van der Waals surface area contributed by atoms with Gasteiger partial charge in [-0.25, -0.2) is 9.37 Å². The number of rotatable bonds is 7. The molecule has 2 fully saturated rings. The summed E-state index contributed by atoms with van der Waals surface area (Å²) in [5.74, 6) is 0.179. The van der Waals surface area contributed by atoms with Crippen LogP contribution in [0.2, 0.25) is 5.02 Å². The molecule has 2 aromatic carbocycles. The number of nitrogens with one attached hydrogen (secondary N) is 1. The Morgan fingerprint density at radius 1 is 1.05 bits per heavy atom. The SMILES string of the molecule is CC(C)(Oc1cc(-c2ccc(F)cc2)ccc1Cl)C(=O)NC1CC2CCC(C1)N2c1ccc(C(N)=O)cn1. The van der Waals surface area contributed by atoms with Gasteiger partial charge in [0, 0.05) is 24.3 Å². The average molecular weight is 537 g/mol. The van der Waals surface area contributed by atoms with Gasteiger partial charge in [0.2, 0.25) is 5.91 Å². The van der Waals surface area contributed by atoms with Crippen LogP contribution in [-0.4, -0.2) is 40.5 Å². The third-order valence-corrected chi connectivity index (χ3v) is 7.70. The number of amides is 2. The van der Waals surface area contributed by atoms with Crippen LogP contribution in [0.5, 0.6) is 5.75 Å². The van der Waals surface area contributed by atoms with Crippen molar-refractivity contribution in [1.82, 2.24) is 10.3 Å². The Morgan fingerprint density at radius 3 is 2.32 bits per heavy atom. The van der Waals surface area contributed by atoms with E-state index in [1.807, 2.05) is 12.1 Å². The molecular formula is C29H30ClFN4O3. The van der Waals surface area contributed by atoms with Gasteiger partial charge < -0.3 is 20.7 Å². The number of piperidine rings is 1. The van der Waals surface area contributed by atoms with Crippen molar-refractivity contribution < 1.29 is 18.7 Å². The van der Waals surface area contributed by atoms with E-state index in [0.717, 1.165) is 42.6 Å². The molecule has 0 radical (unpaired) electrons. The van der Waals surface area contributed by atoms with Crippen molar-refractivity contribution in [2.75, 3.05) is 4.90 Å². The lowest BCUT2D eigenvalue weighted by Gasteiger charge is -2.40. The van der Waals surface area contributed by atoms with Gasteiger partial charge in [-0.3, -0.25) is 9.59 Å². The van der Waals surface area contributed by atoms with E-state index in [-0.39, 0.29) is 29.8 Å². The molecule has 198 valence electrons. The molecule has 2 amide bonds. The molecule has 2 bridgehead atoms. The maximum Gasteiger partial charge on any atom is 0.263 e. The molecule has 7 nitrogen and oxygen atoms in total. The number of carbonyl (C=O) groups is 2. The second-order valence-corrected chi connectivity index (χ2v) is 10.9. The van der Waals surface area contributed by atoms with E-state index in [1.165, 1.54) is 18.3 Å². The molecule has 0 spiro atoms. The van der Waals surface area contributed by atoms with E-state index in [0.29, 0.717) is 16.3 Å². The van der Waals surface area contributed by atoms with Crippen molar-refractivity contribution in [1.29, 1.82) is 0 Å². The molecule has 3 N–H and O–H groups in total. The zero-order chi connectivity index (χ0) is 27.0. The van der Waals surface area contributed by atoms with Crippen LogP contribution in [0.4, 0.5) is 10.2 Å². The minimum absolute atomic E-state index is 0.00467. The summed E-state index contributed by atoms with van der Waals surface area (Å²) < 4.78 is 19.5. The van der Waals surface area contributed by atoms with E-state index in [2.05, 4.69) is 15.2 Å². The standard InChI is InChI=1S/C29H30ClFN4O3/c1-29(2,38-25-13-18(5-11-24(25)30)17-3-7-20(31)8-4-17)28(37)34-21-14-22-9-10-23(15-21)35(22)26-12-6-19(16-33-26)27(32)36/h3-8,11-13,16,21-23H,9-10,14-15H2,1-2H3,(H2,32,36)(H,34,37). The Labute approximate surface area is 226 Å². The molecule has 2 aliphatic heterocycles. The van der Waals surface area contributed by atoms with Gasteiger partial charge in [0.15, 0.2) is 5.60 Å². The van der Waals surface area contributed by atoms with Gasteiger partial charge >= 0.3 is 0 Å². The number of aromatic nitrogens is 1. The predicted molar refractivity (Wildman–Crippen MR) is 145 cm³/mol. The number of halogens is 2. The number of nitrogens with zero attached hydrogens (tertiary/aromatic N) is 2. The molecule has 5 rings (SSSR count). The van der Waals surface area contributed by atoms with Gasteiger partial charge in [-0.1, -0.05) is 29.8 Å². The highest BCUT2D eigenvalue weighted by molar-refractivity contribution is 6.32. The lowest BCUT2D eigenvalue weighted by atomic mass is 9.96. The highest BCUT2D eigenvalue weighted by atomic mass is 35.5. The summed E-state index contributed by atoms with van der Waals surface area (Å²) in [6.45, 7) is 3.44. The lowest BCUT2D eigenvalue weighted by Crippen LogP contribution is -2.55. The van der Waals surface area contributed by atoms with Crippen molar-refractivity contribution in [3.63, 3.8) is 0 Å². The molecule has 2 unspecified atom stereocenters. The van der Waals surface area contributed by atoms with Gasteiger partial charge in [-0.2, -0.15) is 0 Å². The molecule has 0 saturated carbocycles. The number of ether oxygens (including phenoxy) is 1. The molecule has 9 heteroatoms. The summed E-state index contributed by atoms with van der Waals surface area (Å²) in [5, 5.41) is 3.58. The van der Waals surface area contributed by atoms with Crippen molar-refractivity contribution in [3.8, 4) is 16.9 Å². The van der Waals surface area contributed by atoms with Gasteiger partial charge in [0.1, 0.15) is 17.4 Å². The minimum atomic E-state index is -1.17. The Morgan fingerprint density at radius 2 is 1.71 bits per heavy atom. The van der Waals surface area contributed by atoms with Crippen molar-refractivity contribution in [3.05, 3.63) is 77.2 Å². The smallest absolute Gasteiger partial charge is 0.263 e. The summed E-state index contributed by atoms with van der Waals surface area (Å²) in [4.78, 5) is 31.5. The quantitative estimate of drug-likeness (QED) is 0.437. The molecule has 38 heavy (non-hydrogen) atoms. The van der Waals surface area contributed by atoms with E-state index in [4.69, 9.17) is 22.1 Å². The number of nitrogens with two attached hydrogens (primary N) is 1. The number of hydrogen-bond donors (Lipinski definition) is 2. The number of anilines is 1. The first-order valence-corrected chi connectivity index (χ1v) is 13.1. The van der Waals surface area contributed by atoms with Gasteiger partial charge in [-0.05, 0) is 87.1 Å². The fraction of sp³-hybridized carbons (Fsp3) is 0.345. The van der Waals surface area contributed by atoms with Gasteiger partial charge in [0.25, 0.3) is 5.91 Å². The van der Waals surface area contributed by atoms with Crippen LogP contribution in [0.15, 0.2) is 60.8 Å². The van der Waals surface area contributed by atoms with Crippen LogP contribution >= 0.6 is 11.6 Å². The maximum absolute atomic E-state index is 13.3. The van der Waals surface area contributed by atoms with E-state index in [9.17, 15) is 14.0 Å². The predicted octanol–water partition coefficient (Wildman–Crippen LogP) is 5.11. The molecule has 3 heterocycles. The normalized spacial score (nSPS) is 20.7. The first-order valence-electron chi connectivity index (χ1n) is 12.7. The van der Waals surface area contributed by atoms with Gasteiger partial charge in [0.05, 0.1) is 10.6 Å². The first kappa shape index (κ1) is 26.0. The second-order valence-electron chi connectivity index (χ2n) is 10.5. The zero-order valence-electron chi connectivity index (χ0n) is 21.3. The number of hydrogen-bond acceptors (Lipinski definition) is 5. The van der Waals surface area contributed by atoms with E-state index >= 15 is 0 Å². The van der Waals surface area contributed by atoms with Crippen LogP contribution in [0.1, 0.15) is 49.9 Å². The Balaban J connectivity index is 1.24. The second kappa shape index (κ2) is 10.3. The number of fused-ring (bicyclic) bond motifs is 2. The third kappa shape index (κ3) is 5.31. The fourth-order valence-corrected chi connectivity index (χ4v) is 5.59. The Kier molecular flexibility index (Phi) is 7.01. The van der Waals surface area contributed by atoms with Gasteiger partial charge in [-0.15, -0.1) is 0 Å². The molecule has 2 atom stereocenters. The fourth-order valence-electron chi connectivity index (χ4n) is 5.44. The lowest BCUT2D eigenvalue weighted by molar-refractivity contribution is -0.135. The van der Waals surface area contributed by atoms with E-state index in [1.54, 1.807) is 44.2 Å². The van der Waals surface area contributed by atoms with Crippen LogP contribution < -0.4 is 20.7 Å². The Bertz CT molecular complexity index is 1330. The molecule has 2 saturated heterocycles. The molecule has 1 aromatic heterocycles. The summed E-state index contributed by atoms with van der Waals surface area (Å²) in [6.07, 6.45) is 5.13. The van der Waals surface area contributed by atoms with E-state index < -0.39 is 11.5 Å². The van der Waals surface area contributed by atoms with Crippen molar-refractivity contribution in [2.24, 2.45) is 5.73 Å². The molecule has 0 aliphatic carbocycles. The monoisotopic (exact) mass is 536 g/mol. The zero-order valence-corrected chi connectivity index (χ0v) is 22.0.